The van der Waals surface area contributed by atoms with Crippen LogP contribution in [0, 0.1) is 0 Å². The molecule has 0 aromatic heterocycles. The third-order valence-electron chi connectivity index (χ3n) is 6.52. The molecule has 21 nitrogen and oxygen atoms in total. The molecule has 0 saturated carbocycles. The number of rotatable bonds is 33. The average Bonchev–Trinajstić information content (AvgIpc) is 3.10. The van der Waals surface area contributed by atoms with Gasteiger partial charge in [-0.05, 0) is 47.1 Å². The summed E-state index contributed by atoms with van der Waals surface area (Å²) < 4.78 is 43.3. The molecule has 0 rings (SSSR count). The van der Waals surface area contributed by atoms with E-state index in [0.717, 1.165) is 0 Å². The first-order valence-electron chi connectivity index (χ1n) is 18.8. The molecule has 0 unspecified atom stereocenters. The minimum Gasteiger partial charge on any atom is -0.444 e. The standard InChI is InChI=1S/C35H66N8O13/c1-34(2,3)55-32(47)39-12-10-37-29(44)7-17-49-24-27-53-21-15-43(31(46)9-19-51-23-26-52-20-14-41-42-36)16-22-54-28-25-50-18-8-30(45)38-11-13-40-33(48)56-35(4,5)6/h7-28H2,1-6H3,(H,37,44)(H,38,45)(H,39,47)(H,40,48). The van der Waals surface area contributed by atoms with Gasteiger partial charge in [-0.25, -0.2) is 9.59 Å². The van der Waals surface area contributed by atoms with Crippen molar-refractivity contribution in [2.45, 2.75) is 72.0 Å². The summed E-state index contributed by atoms with van der Waals surface area (Å²) in [6.07, 6.45) is -0.660. The Balaban J connectivity index is 4.29. The lowest BCUT2D eigenvalue weighted by Gasteiger charge is -2.23. The smallest absolute Gasteiger partial charge is 0.407 e. The van der Waals surface area contributed by atoms with Crippen LogP contribution in [0.15, 0.2) is 5.11 Å². The van der Waals surface area contributed by atoms with Crippen LogP contribution in [0.3, 0.4) is 0 Å². The number of nitrogens with one attached hydrogen (secondary N) is 4. The summed E-state index contributed by atoms with van der Waals surface area (Å²) in [7, 11) is 0. The predicted molar refractivity (Wildman–Crippen MR) is 204 cm³/mol. The van der Waals surface area contributed by atoms with Crippen LogP contribution in [-0.4, -0.2) is 171 Å². The molecule has 0 bridgehead atoms. The van der Waals surface area contributed by atoms with Crippen LogP contribution >= 0.6 is 0 Å². The van der Waals surface area contributed by atoms with Crippen LogP contribution in [0.1, 0.15) is 60.8 Å². The van der Waals surface area contributed by atoms with Crippen molar-refractivity contribution in [3.8, 4) is 0 Å². The van der Waals surface area contributed by atoms with Crippen LogP contribution in [0.2, 0.25) is 0 Å². The maximum atomic E-state index is 12.9. The van der Waals surface area contributed by atoms with Crippen LogP contribution in [0.4, 0.5) is 9.59 Å². The molecular formula is C35H66N8O13. The molecule has 56 heavy (non-hydrogen) atoms. The summed E-state index contributed by atoms with van der Waals surface area (Å²) >= 11 is 0. The fraction of sp³-hybridized carbons (Fsp3) is 0.857. The molecule has 0 aromatic carbocycles. The number of carbonyl (C=O) groups excluding carboxylic acids is 5. The second-order valence-electron chi connectivity index (χ2n) is 13.8. The van der Waals surface area contributed by atoms with E-state index < -0.39 is 23.4 Å². The van der Waals surface area contributed by atoms with E-state index in [2.05, 4.69) is 31.3 Å². The number of nitrogens with zero attached hydrogens (tertiary/aromatic N) is 4. The highest BCUT2D eigenvalue weighted by molar-refractivity contribution is 5.77. The molecule has 0 saturated heterocycles. The van der Waals surface area contributed by atoms with Crippen molar-refractivity contribution in [3.63, 3.8) is 0 Å². The van der Waals surface area contributed by atoms with E-state index in [-0.39, 0.29) is 142 Å². The van der Waals surface area contributed by atoms with Crippen LogP contribution in [-0.2, 0) is 52.3 Å². The van der Waals surface area contributed by atoms with Crippen molar-refractivity contribution in [1.82, 2.24) is 26.2 Å². The van der Waals surface area contributed by atoms with Crippen molar-refractivity contribution in [2.75, 3.05) is 125 Å². The monoisotopic (exact) mass is 806 g/mol. The maximum absolute atomic E-state index is 12.9. The van der Waals surface area contributed by atoms with Gasteiger partial charge in [0.1, 0.15) is 11.2 Å². The molecular weight excluding hydrogens is 740 g/mol. The molecule has 0 spiro atoms. The van der Waals surface area contributed by atoms with Gasteiger partial charge in [0, 0.05) is 63.6 Å². The van der Waals surface area contributed by atoms with Gasteiger partial charge in [0.15, 0.2) is 0 Å². The molecule has 5 amide bonds. The topological polar surface area (TPSA) is 259 Å². The second-order valence-corrected chi connectivity index (χ2v) is 13.8. The first-order valence-corrected chi connectivity index (χ1v) is 18.8. The summed E-state index contributed by atoms with van der Waals surface area (Å²) in [5, 5.41) is 13.9. The molecule has 0 aliphatic heterocycles. The first kappa shape index (κ1) is 52.0. The highest BCUT2D eigenvalue weighted by Crippen LogP contribution is 2.07. The quantitative estimate of drug-likeness (QED) is 0.0319. The molecule has 21 heteroatoms. The SMILES string of the molecule is CC(C)(C)OC(=O)NCCNC(=O)CCOCCOCCN(CCOCCOCCC(=O)NCCNC(=O)OC(C)(C)C)C(=O)CCOCCOCCN=[N+]=[N-]. The average molecular weight is 807 g/mol. The Morgan fingerprint density at radius 3 is 1.27 bits per heavy atom. The Hall–Kier alpha value is -3.98. The molecule has 0 aliphatic carbocycles. The normalized spacial score (nSPS) is 11.2. The zero-order valence-corrected chi connectivity index (χ0v) is 34.2. The third kappa shape index (κ3) is 37.0. The third-order valence-corrected chi connectivity index (χ3v) is 6.52. The zero-order chi connectivity index (χ0) is 41.9. The second kappa shape index (κ2) is 33.2. The minimum absolute atomic E-state index is 0.142. The Bertz CT molecular complexity index is 1080. The van der Waals surface area contributed by atoms with Crippen LogP contribution in [0.25, 0.3) is 10.4 Å². The molecule has 0 aromatic rings. The number of amides is 5. The number of azide groups is 1. The van der Waals surface area contributed by atoms with Gasteiger partial charge in [0.25, 0.3) is 0 Å². The first-order chi connectivity index (χ1) is 26.6. The summed E-state index contributed by atoms with van der Waals surface area (Å²) in [4.78, 5) is 64.4. The highest BCUT2D eigenvalue weighted by atomic mass is 16.6. The minimum atomic E-state index is -0.598. The molecule has 0 heterocycles. The Labute approximate surface area is 330 Å². The number of carbonyl (C=O) groups is 5. The molecule has 0 aliphatic rings. The van der Waals surface area contributed by atoms with Crippen LogP contribution in [0.5, 0.6) is 0 Å². The number of hydrogen-bond donors (Lipinski definition) is 4. The molecule has 4 N–H and O–H groups in total. The lowest BCUT2D eigenvalue weighted by atomic mass is 10.2. The lowest BCUT2D eigenvalue weighted by Crippen LogP contribution is -2.38. The van der Waals surface area contributed by atoms with Crippen molar-refractivity contribution < 1.29 is 61.9 Å². The Morgan fingerprint density at radius 2 is 0.875 bits per heavy atom. The van der Waals surface area contributed by atoms with Crippen molar-refractivity contribution >= 4 is 29.9 Å². The summed E-state index contributed by atoms with van der Waals surface area (Å²) in [5.41, 5.74) is 7.08. The number of ether oxygens (including phenoxy) is 8. The lowest BCUT2D eigenvalue weighted by molar-refractivity contribution is -0.134. The van der Waals surface area contributed by atoms with E-state index >= 15 is 0 Å². The van der Waals surface area contributed by atoms with Crippen molar-refractivity contribution in [2.24, 2.45) is 5.11 Å². The van der Waals surface area contributed by atoms with E-state index in [0.29, 0.717) is 19.7 Å². The van der Waals surface area contributed by atoms with Gasteiger partial charge in [-0.15, -0.1) is 0 Å². The van der Waals surface area contributed by atoms with E-state index in [9.17, 15) is 24.0 Å². The Morgan fingerprint density at radius 1 is 0.518 bits per heavy atom. The fourth-order valence-electron chi connectivity index (χ4n) is 4.01. The van der Waals surface area contributed by atoms with E-state index in [1.54, 1.807) is 46.4 Å². The van der Waals surface area contributed by atoms with Crippen LogP contribution < -0.4 is 21.3 Å². The molecule has 0 atom stereocenters. The van der Waals surface area contributed by atoms with E-state index in [4.69, 9.17) is 43.4 Å². The summed E-state index contributed by atoms with van der Waals surface area (Å²) in [6, 6.07) is 0. The van der Waals surface area contributed by atoms with Gasteiger partial charge in [-0.1, -0.05) is 5.11 Å². The Kier molecular flexibility index (Phi) is 30.8. The van der Waals surface area contributed by atoms with Crippen molar-refractivity contribution in [3.05, 3.63) is 10.4 Å². The highest BCUT2D eigenvalue weighted by Gasteiger charge is 2.17. The largest absolute Gasteiger partial charge is 0.444 e. The number of hydrogen-bond acceptors (Lipinski definition) is 14. The maximum Gasteiger partial charge on any atom is 0.407 e. The van der Waals surface area contributed by atoms with Gasteiger partial charge in [0.05, 0.1) is 85.7 Å². The van der Waals surface area contributed by atoms with Gasteiger partial charge < -0.3 is 64.1 Å². The van der Waals surface area contributed by atoms with Gasteiger partial charge in [0.2, 0.25) is 17.7 Å². The van der Waals surface area contributed by atoms with E-state index in [1.165, 1.54) is 0 Å². The van der Waals surface area contributed by atoms with Gasteiger partial charge in [-0.3, -0.25) is 14.4 Å². The molecule has 324 valence electrons. The van der Waals surface area contributed by atoms with Gasteiger partial charge in [-0.2, -0.15) is 0 Å². The van der Waals surface area contributed by atoms with Crippen molar-refractivity contribution in [1.29, 1.82) is 0 Å². The molecule has 0 radical (unpaired) electrons. The zero-order valence-electron chi connectivity index (χ0n) is 34.2. The summed E-state index contributed by atoms with van der Waals surface area (Å²) in [6.45, 7) is 15.5. The predicted octanol–water partition coefficient (Wildman–Crippen LogP) is 1.68. The fourth-order valence-corrected chi connectivity index (χ4v) is 4.01. The molecule has 0 fully saturated rings. The summed E-state index contributed by atoms with van der Waals surface area (Å²) in [5.74, 6) is -0.576. The van der Waals surface area contributed by atoms with E-state index in [1.807, 2.05) is 0 Å². The van der Waals surface area contributed by atoms with Gasteiger partial charge >= 0.3 is 12.2 Å². The number of alkyl carbamates (subject to hydrolysis) is 2.